The molecule has 1 aromatic carbocycles. The summed E-state index contributed by atoms with van der Waals surface area (Å²) in [5.74, 6) is -1.87. The number of hydrogen-bond acceptors (Lipinski definition) is 2. The first kappa shape index (κ1) is 15.5. The number of halogens is 1. The van der Waals surface area contributed by atoms with Gasteiger partial charge in [0.1, 0.15) is 11.4 Å². The summed E-state index contributed by atoms with van der Waals surface area (Å²) in [6, 6.07) is 4.30. The molecule has 1 aromatic rings. The summed E-state index contributed by atoms with van der Waals surface area (Å²) in [4.78, 5) is 25.6. The first-order chi connectivity index (χ1) is 9.90. The lowest BCUT2D eigenvalue weighted by atomic mass is 9.80. The predicted molar refractivity (Wildman–Crippen MR) is 76.7 cm³/mol. The number of rotatable bonds is 3. The molecule has 0 saturated heterocycles. The minimum absolute atomic E-state index is 0.226. The Bertz CT molecular complexity index is 565. The maximum Gasteiger partial charge on any atom is 0.329 e. The standard InChI is InChI=1S/C16H20FNO3/c1-11-12(7-6-8-13(11)17)14(19)18(2)16(15(20)21)9-4-3-5-10-16/h6-8H,3-5,9-10H2,1-2H3,(H,20,21). The third kappa shape index (κ3) is 2.64. The smallest absolute Gasteiger partial charge is 0.329 e. The number of nitrogens with zero attached hydrogens (tertiary/aromatic N) is 1. The first-order valence-corrected chi connectivity index (χ1v) is 7.17. The van der Waals surface area contributed by atoms with Crippen LogP contribution in [0.5, 0.6) is 0 Å². The average Bonchev–Trinajstić information content (AvgIpc) is 2.49. The molecule has 0 unspecified atom stereocenters. The van der Waals surface area contributed by atoms with Gasteiger partial charge in [-0.3, -0.25) is 4.79 Å². The monoisotopic (exact) mass is 293 g/mol. The Balaban J connectivity index is 2.37. The molecule has 1 saturated carbocycles. The van der Waals surface area contributed by atoms with E-state index in [2.05, 4.69) is 0 Å². The molecule has 21 heavy (non-hydrogen) atoms. The number of carbonyl (C=O) groups excluding carboxylic acids is 1. The zero-order chi connectivity index (χ0) is 15.6. The summed E-state index contributed by atoms with van der Waals surface area (Å²) < 4.78 is 13.6. The average molecular weight is 293 g/mol. The van der Waals surface area contributed by atoms with E-state index in [-0.39, 0.29) is 11.1 Å². The molecule has 1 amide bonds. The fourth-order valence-corrected chi connectivity index (χ4v) is 3.04. The molecule has 1 N–H and O–H groups in total. The second-order valence-electron chi connectivity index (χ2n) is 5.67. The third-order valence-electron chi connectivity index (χ3n) is 4.52. The van der Waals surface area contributed by atoms with Crippen LogP contribution in [0, 0.1) is 12.7 Å². The van der Waals surface area contributed by atoms with Crippen LogP contribution in [0.3, 0.4) is 0 Å². The van der Waals surface area contributed by atoms with Gasteiger partial charge in [0.2, 0.25) is 0 Å². The van der Waals surface area contributed by atoms with Gasteiger partial charge in [-0.15, -0.1) is 0 Å². The third-order valence-corrected chi connectivity index (χ3v) is 4.52. The Labute approximate surface area is 123 Å². The molecule has 114 valence electrons. The Kier molecular flexibility index (Phi) is 4.30. The van der Waals surface area contributed by atoms with Crippen LogP contribution in [-0.4, -0.2) is 34.5 Å². The zero-order valence-electron chi connectivity index (χ0n) is 12.4. The molecule has 0 radical (unpaired) electrons. The lowest BCUT2D eigenvalue weighted by Crippen LogP contribution is -2.56. The van der Waals surface area contributed by atoms with Crippen molar-refractivity contribution in [1.82, 2.24) is 4.90 Å². The van der Waals surface area contributed by atoms with Gasteiger partial charge >= 0.3 is 5.97 Å². The second kappa shape index (κ2) is 5.84. The van der Waals surface area contributed by atoms with Gasteiger partial charge in [0.15, 0.2) is 0 Å². The molecule has 1 aliphatic rings. The van der Waals surface area contributed by atoms with E-state index in [1.54, 1.807) is 0 Å². The number of hydrogen-bond donors (Lipinski definition) is 1. The Morgan fingerprint density at radius 3 is 2.43 bits per heavy atom. The van der Waals surface area contributed by atoms with Gasteiger partial charge in [-0.2, -0.15) is 0 Å². The van der Waals surface area contributed by atoms with E-state index in [0.717, 1.165) is 19.3 Å². The van der Waals surface area contributed by atoms with Gasteiger partial charge in [0.05, 0.1) is 0 Å². The van der Waals surface area contributed by atoms with E-state index in [1.165, 1.54) is 37.1 Å². The quantitative estimate of drug-likeness (QED) is 0.932. The molecule has 0 aromatic heterocycles. The molecule has 0 bridgehead atoms. The fraction of sp³-hybridized carbons (Fsp3) is 0.500. The van der Waals surface area contributed by atoms with Crippen LogP contribution < -0.4 is 0 Å². The Hall–Kier alpha value is -1.91. The summed E-state index contributed by atoms with van der Waals surface area (Å²) in [5.41, 5.74) is -0.692. The molecular weight excluding hydrogens is 273 g/mol. The lowest BCUT2D eigenvalue weighted by molar-refractivity contribution is -0.151. The van der Waals surface area contributed by atoms with Crippen LogP contribution in [-0.2, 0) is 4.79 Å². The van der Waals surface area contributed by atoms with Crippen LogP contribution in [0.2, 0.25) is 0 Å². The van der Waals surface area contributed by atoms with E-state index in [0.29, 0.717) is 12.8 Å². The van der Waals surface area contributed by atoms with Gasteiger partial charge in [0, 0.05) is 12.6 Å². The number of benzene rings is 1. The fourth-order valence-electron chi connectivity index (χ4n) is 3.04. The largest absolute Gasteiger partial charge is 0.479 e. The summed E-state index contributed by atoms with van der Waals surface area (Å²) in [5, 5.41) is 9.61. The van der Waals surface area contributed by atoms with Gasteiger partial charge in [0.25, 0.3) is 5.91 Å². The highest BCUT2D eigenvalue weighted by Gasteiger charge is 2.45. The number of carboxylic acids is 1. The predicted octanol–water partition coefficient (Wildman–Crippen LogP) is 2.99. The summed E-state index contributed by atoms with van der Waals surface area (Å²) in [6.07, 6.45) is 3.44. The van der Waals surface area contributed by atoms with E-state index >= 15 is 0 Å². The van der Waals surface area contributed by atoms with Crippen molar-refractivity contribution in [2.24, 2.45) is 0 Å². The first-order valence-electron chi connectivity index (χ1n) is 7.17. The number of aliphatic carboxylic acids is 1. The van der Waals surface area contributed by atoms with Gasteiger partial charge in [-0.05, 0) is 37.5 Å². The molecule has 5 heteroatoms. The molecule has 0 spiro atoms. The van der Waals surface area contributed by atoms with Crippen molar-refractivity contribution in [3.63, 3.8) is 0 Å². The van der Waals surface area contributed by atoms with Gasteiger partial charge in [-0.1, -0.05) is 25.3 Å². The van der Waals surface area contributed by atoms with Crippen molar-refractivity contribution in [3.8, 4) is 0 Å². The molecule has 0 heterocycles. The maximum atomic E-state index is 13.6. The van der Waals surface area contributed by atoms with Crippen molar-refractivity contribution in [1.29, 1.82) is 0 Å². The van der Waals surface area contributed by atoms with E-state index < -0.39 is 23.2 Å². The van der Waals surface area contributed by atoms with E-state index in [9.17, 15) is 19.1 Å². The van der Waals surface area contributed by atoms with Crippen molar-refractivity contribution < 1.29 is 19.1 Å². The highest BCUT2D eigenvalue weighted by Crippen LogP contribution is 2.34. The van der Waals surface area contributed by atoms with Crippen LogP contribution in [0.4, 0.5) is 4.39 Å². The van der Waals surface area contributed by atoms with Crippen LogP contribution >= 0.6 is 0 Å². The molecule has 2 rings (SSSR count). The van der Waals surface area contributed by atoms with Crippen molar-refractivity contribution >= 4 is 11.9 Å². The maximum absolute atomic E-state index is 13.6. The molecular formula is C16H20FNO3. The lowest BCUT2D eigenvalue weighted by Gasteiger charge is -2.41. The minimum Gasteiger partial charge on any atom is -0.479 e. The number of amides is 1. The summed E-state index contributed by atoms with van der Waals surface area (Å²) >= 11 is 0. The second-order valence-corrected chi connectivity index (χ2v) is 5.67. The van der Waals surface area contributed by atoms with Crippen LogP contribution in [0.15, 0.2) is 18.2 Å². The Morgan fingerprint density at radius 1 is 1.24 bits per heavy atom. The number of carbonyl (C=O) groups is 2. The number of likely N-dealkylation sites (N-methyl/N-ethyl adjacent to an activating group) is 1. The Morgan fingerprint density at radius 2 is 1.86 bits per heavy atom. The minimum atomic E-state index is -1.17. The highest BCUT2D eigenvalue weighted by molar-refractivity contribution is 5.98. The van der Waals surface area contributed by atoms with Crippen LogP contribution in [0.1, 0.15) is 48.0 Å². The van der Waals surface area contributed by atoms with Crippen molar-refractivity contribution in [3.05, 3.63) is 35.1 Å². The summed E-state index contributed by atoms with van der Waals surface area (Å²) in [7, 11) is 1.51. The SMILES string of the molecule is Cc1c(F)cccc1C(=O)N(C)C1(C(=O)O)CCCCC1. The normalized spacial score (nSPS) is 17.3. The van der Waals surface area contributed by atoms with E-state index in [4.69, 9.17) is 0 Å². The molecule has 1 aliphatic carbocycles. The topological polar surface area (TPSA) is 57.6 Å². The van der Waals surface area contributed by atoms with E-state index in [1.807, 2.05) is 0 Å². The number of carboxylic acid groups (broad SMARTS) is 1. The van der Waals surface area contributed by atoms with Crippen LogP contribution in [0.25, 0.3) is 0 Å². The summed E-state index contributed by atoms with van der Waals surface area (Å²) in [6.45, 7) is 1.53. The molecule has 1 fully saturated rings. The molecule has 0 aliphatic heterocycles. The zero-order valence-corrected chi connectivity index (χ0v) is 12.4. The molecule has 0 atom stereocenters. The van der Waals surface area contributed by atoms with Crippen molar-refractivity contribution in [2.75, 3.05) is 7.05 Å². The van der Waals surface area contributed by atoms with Gasteiger partial charge in [-0.25, -0.2) is 9.18 Å². The van der Waals surface area contributed by atoms with Gasteiger partial charge < -0.3 is 10.0 Å². The molecule has 4 nitrogen and oxygen atoms in total. The highest BCUT2D eigenvalue weighted by atomic mass is 19.1. The van der Waals surface area contributed by atoms with Crippen molar-refractivity contribution in [2.45, 2.75) is 44.6 Å².